The van der Waals surface area contributed by atoms with Crippen LogP contribution >= 0.6 is 0 Å². The van der Waals surface area contributed by atoms with E-state index >= 15 is 0 Å². The first-order chi connectivity index (χ1) is 9.56. The summed E-state index contributed by atoms with van der Waals surface area (Å²) in [7, 11) is 0. The minimum Gasteiger partial charge on any atom is -0.345 e. The van der Waals surface area contributed by atoms with Gasteiger partial charge in [-0.05, 0) is 19.4 Å². The first-order valence-electron chi connectivity index (χ1n) is 6.48. The Morgan fingerprint density at radius 3 is 2.70 bits per heavy atom. The third-order valence-electron chi connectivity index (χ3n) is 2.84. The molecule has 2 aromatic rings. The van der Waals surface area contributed by atoms with Crippen LogP contribution in [0.15, 0.2) is 34.9 Å². The molecule has 2 atom stereocenters. The van der Waals surface area contributed by atoms with Crippen molar-refractivity contribution in [3.05, 3.63) is 47.6 Å². The molecule has 3 N–H and O–H groups in total. The van der Waals surface area contributed by atoms with Gasteiger partial charge in [0.05, 0.1) is 18.5 Å². The van der Waals surface area contributed by atoms with E-state index in [-0.39, 0.29) is 11.9 Å². The lowest BCUT2D eigenvalue weighted by Gasteiger charge is -2.11. The lowest BCUT2D eigenvalue weighted by molar-refractivity contribution is -0.122. The fraction of sp³-hybridized carbons (Fsp3) is 0.357. The minimum absolute atomic E-state index is 0.244. The SMILES string of the molecule is CC(NC(=O)[C@@H](C)N)c1noc(Cc2ccccc2)n1. The van der Waals surface area contributed by atoms with Gasteiger partial charge >= 0.3 is 0 Å². The van der Waals surface area contributed by atoms with Crippen LogP contribution in [-0.4, -0.2) is 22.1 Å². The molecule has 6 heteroatoms. The highest BCUT2D eigenvalue weighted by Crippen LogP contribution is 2.11. The van der Waals surface area contributed by atoms with Crippen LogP contribution in [0.3, 0.4) is 0 Å². The van der Waals surface area contributed by atoms with Crippen LogP contribution in [-0.2, 0) is 11.2 Å². The highest BCUT2D eigenvalue weighted by Gasteiger charge is 2.17. The number of carbonyl (C=O) groups excluding carboxylic acids is 1. The fourth-order valence-electron chi connectivity index (χ4n) is 1.70. The summed E-state index contributed by atoms with van der Waals surface area (Å²) in [6, 6.07) is 8.95. The smallest absolute Gasteiger partial charge is 0.237 e. The molecule has 106 valence electrons. The van der Waals surface area contributed by atoms with Gasteiger partial charge in [0.1, 0.15) is 0 Å². The van der Waals surface area contributed by atoms with E-state index in [1.807, 2.05) is 30.3 Å². The van der Waals surface area contributed by atoms with Crippen LogP contribution in [0, 0.1) is 0 Å². The summed E-state index contributed by atoms with van der Waals surface area (Å²) in [4.78, 5) is 15.8. The molecule has 6 nitrogen and oxygen atoms in total. The van der Waals surface area contributed by atoms with Gasteiger partial charge in [-0.2, -0.15) is 4.98 Å². The summed E-state index contributed by atoms with van der Waals surface area (Å²) >= 11 is 0. The average Bonchev–Trinajstić information content (AvgIpc) is 2.88. The molecule has 0 fully saturated rings. The standard InChI is InChI=1S/C14H18N4O2/c1-9(15)14(19)16-10(2)13-17-12(20-18-13)8-11-6-4-3-5-7-11/h3-7,9-10H,8,15H2,1-2H3,(H,16,19)/t9-,10?/m1/s1. The molecule has 0 aliphatic carbocycles. The van der Waals surface area contributed by atoms with Crippen molar-refractivity contribution in [2.75, 3.05) is 0 Å². The minimum atomic E-state index is -0.562. The molecule has 1 unspecified atom stereocenters. The van der Waals surface area contributed by atoms with E-state index in [1.165, 1.54) is 0 Å². The highest BCUT2D eigenvalue weighted by atomic mass is 16.5. The number of nitrogens with zero attached hydrogens (tertiary/aromatic N) is 2. The van der Waals surface area contributed by atoms with Gasteiger partial charge in [0.15, 0.2) is 5.82 Å². The van der Waals surface area contributed by atoms with Crippen LogP contribution < -0.4 is 11.1 Å². The van der Waals surface area contributed by atoms with Crippen LogP contribution in [0.4, 0.5) is 0 Å². The van der Waals surface area contributed by atoms with Crippen molar-refractivity contribution in [3.63, 3.8) is 0 Å². The molecule has 0 bridgehead atoms. The third kappa shape index (κ3) is 3.64. The molecule has 0 saturated carbocycles. The first kappa shape index (κ1) is 14.2. The lowest BCUT2D eigenvalue weighted by atomic mass is 10.1. The maximum Gasteiger partial charge on any atom is 0.237 e. The maximum atomic E-state index is 11.5. The molecule has 1 amide bonds. The van der Waals surface area contributed by atoms with Gasteiger partial charge in [-0.1, -0.05) is 35.5 Å². The third-order valence-corrected chi connectivity index (χ3v) is 2.84. The molecule has 1 heterocycles. The topological polar surface area (TPSA) is 94.0 Å². The van der Waals surface area contributed by atoms with Gasteiger partial charge in [0, 0.05) is 0 Å². The van der Waals surface area contributed by atoms with E-state index in [0.29, 0.717) is 18.1 Å². The number of hydrogen-bond acceptors (Lipinski definition) is 5. The van der Waals surface area contributed by atoms with Crippen LogP contribution in [0.1, 0.15) is 37.2 Å². The number of nitrogens with one attached hydrogen (secondary N) is 1. The number of nitrogens with two attached hydrogens (primary N) is 1. The second kappa shape index (κ2) is 6.29. The molecule has 2 rings (SSSR count). The van der Waals surface area contributed by atoms with Gasteiger partial charge in [-0.3, -0.25) is 4.79 Å². The maximum absolute atomic E-state index is 11.5. The zero-order valence-corrected chi connectivity index (χ0v) is 11.5. The van der Waals surface area contributed by atoms with Crippen LogP contribution in [0.2, 0.25) is 0 Å². The van der Waals surface area contributed by atoms with E-state index in [0.717, 1.165) is 5.56 Å². The van der Waals surface area contributed by atoms with E-state index in [1.54, 1.807) is 13.8 Å². The Hall–Kier alpha value is -2.21. The predicted octanol–water partition coefficient (Wildman–Crippen LogP) is 1.18. The lowest BCUT2D eigenvalue weighted by Crippen LogP contribution is -2.39. The van der Waals surface area contributed by atoms with Crippen molar-refractivity contribution in [2.45, 2.75) is 32.4 Å². The average molecular weight is 274 g/mol. The van der Waals surface area contributed by atoms with Crippen molar-refractivity contribution in [2.24, 2.45) is 5.73 Å². The first-order valence-corrected chi connectivity index (χ1v) is 6.48. The molecule has 20 heavy (non-hydrogen) atoms. The Kier molecular flexibility index (Phi) is 4.47. The summed E-state index contributed by atoms with van der Waals surface area (Å²) in [5.41, 5.74) is 6.59. The fourth-order valence-corrected chi connectivity index (χ4v) is 1.70. The molecule has 0 spiro atoms. The molecule has 1 aromatic heterocycles. The van der Waals surface area contributed by atoms with Crippen molar-refractivity contribution in [1.29, 1.82) is 0 Å². The molecular formula is C14H18N4O2. The summed E-state index contributed by atoms with van der Waals surface area (Å²) in [6.07, 6.45) is 0.571. The second-order valence-electron chi connectivity index (χ2n) is 4.73. The summed E-state index contributed by atoms with van der Waals surface area (Å²) in [5.74, 6) is 0.727. The number of aromatic nitrogens is 2. The van der Waals surface area contributed by atoms with E-state index in [9.17, 15) is 4.79 Å². The quantitative estimate of drug-likeness (QED) is 0.854. The molecule has 0 radical (unpaired) electrons. The van der Waals surface area contributed by atoms with Crippen LogP contribution in [0.5, 0.6) is 0 Å². The zero-order chi connectivity index (χ0) is 14.5. The van der Waals surface area contributed by atoms with Gasteiger partial charge in [-0.25, -0.2) is 0 Å². The van der Waals surface area contributed by atoms with Crippen molar-refractivity contribution >= 4 is 5.91 Å². The van der Waals surface area contributed by atoms with Gasteiger partial charge in [-0.15, -0.1) is 0 Å². The number of amides is 1. The molecular weight excluding hydrogens is 256 g/mol. The number of rotatable bonds is 5. The van der Waals surface area contributed by atoms with Gasteiger partial charge < -0.3 is 15.6 Å². The van der Waals surface area contributed by atoms with Crippen LogP contribution in [0.25, 0.3) is 0 Å². The van der Waals surface area contributed by atoms with Gasteiger partial charge in [0.25, 0.3) is 0 Å². The Morgan fingerprint density at radius 1 is 1.35 bits per heavy atom. The van der Waals surface area contributed by atoms with E-state index in [4.69, 9.17) is 10.3 Å². The molecule has 1 aromatic carbocycles. The molecule has 0 aliphatic heterocycles. The highest BCUT2D eigenvalue weighted by molar-refractivity contribution is 5.81. The number of benzene rings is 1. The summed E-state index contributed by atoms with van der Waals surface area (Å²) in [6.45, 7) is 3.41. The second-order valence-corrected chi connectivity index (χ2v) is 4.73. The number of hydrogen-bond donors (Lipinski definition) is 2. The van der Waals surface area contributed by atoms with Gasteiger partial charge in [0.2, 0.25) is 11.8 Å². The van der Waals surface area contributed by atoms with Crippen molar-refractivity contribution < 1.29 is 9.32 Å². The summed E-state index contributed by atoms with van der Waals surface area (Å²) < 4.78 is 5.19. The summed E-state index contributed by atoms with van der Waals surface area (Å²) in [5, 5.41) is 6.61. The molecule has 0 aliphatic rings. The van der Waals surface area contributed by atoms with E-state index < -0.39 is 6.04 Å². The largest absolute Gasteiger partial charge is 0.345 e. The number of carbonyl (C=O) groups is 1. The Balaban J connectivity index is 2.00. The Labute approximate surface area is 117 Å². The van der Waals surface area contributed by atoms with Crippen molar-refractivity contribution in [3.8, 4) is 0 Å². The monoisotopic (exact) mass is 274 g/mol. The Bertz CT molecular complexity index is 566. The normalized spacial score (nSPS) is 13.8. The molecule has 0 saturated heterocycles. The van der Waals surface area contributed by atoms with Crippen molar-refractivity contribution in [1.82, 2.24) is 15.5 Å². The van der Waals surface area contributed by atoms with E-state index in [2.05, 4.69) is 15.5 Å². The predicted molar refractivity (Wildman–Crippen MR) is 73.8 cm³/mol. The Morgan fingerprint density at radius 2 is 2.05 bits per heavy atom. The zero-order valence-electron chi connectivity index (χ0n) is 11.5.